The van der Waals surface area contributed by atoms with Crippen LogP contribution in [0.15, 0.2) is 200 Å². The number of para-hydroxylation sites is 1. The van der Waals surface area contributed by atoms with Crippen molar-refractivity contribution in [2.24, 2.45) is 0 Å². The summed E-state index contributed by atoms with van der Waals surface area (Å²) in [5.41, 5.74) is 17.2. The highest BCUT2D eigenvalue weighted by molar-refractivity contribution is 7.17. The van der Waals surface area contributed by atoms with Gasteiger partial charge >= 0.3 is 0 Å². The average molecular weight is 820 g/mol. The van der Waals surface area contributed by atoms with E-state index in [9.17, 15) is 0 Å². The lowest BCUT2D eigenvalue weighted by Gasteiger charge is -2.55. The van der Waals surface area contributed by atoms with Crippen molar-refractivity contribution in [1.29, 1.82) is 0 Å². The fraction of sp³-hybridized carbons (Fsp3) is 0.138. The molecular weight excluding hydrogens is 775 g/mol. The monoisotopic (exact) mass is 819 g/mol. The number of anilines is 3. The van der Waals surface area contributed by atoms with E-state index < -0.39 is 10.8 Å². The topological polar surface area (TPSA) is 3.24 Å². The molecule has 0 amide bonds. The Labute approximate surface area is 367 Å². The molecule has 3 aliphatic rings. The molecule has 2 aromatic heterocycles. The maximum absolute atomic E-state index is 2.60. The molecule has 0 fully saturated rings. The predicted octanol–water partition coefficient (Wildman–Crippen LogP) is 15.3. The third-order valence-electron chi connectivity index (χ3n) is 14.4. The summed E-state index contributed by atoms with van der Waals surface area (Å²) in [6.45, 7) is 9.68. The summed E-state index contributed by atoms with van der Waals surface area (Å²) in [4.78, 5) is 5.32. The lowest BCUT2D eigenvalue weighted by atomic mass is 9.48. The van der Waals surface area contributed by atoms with Gasteiger partial charge in [0.25, 0.3) is 0 Å². The fourth-order valence-electron chi connectivity index (χ4n) is 11.7. The summed E-state index contributed by atoms with van der Waals surface area (Å²) < 4.78 is 0. The molecule has 3 aliphatic carbocycles. The summed E-state index contributed by atoms with van der Waals surface area (Å²) in [6, 6.07) is 73.3. The minimum absolute atomic E-state index is 0.186. The number of hydrogen-bond donors (Lipinski definition) is 0. The smallest absolute Gasteiger partial charge is 0.101 e. The Morgan fingerprint density at radius 2 is 0.738 bits per heavy atom. The maximum atomic E-state index is 2.60. The van der Waals surface area contributed by atoms with Crippen molar-refractivity contribution >= 4 is 39.0 Å². The molecule has 0 radical (unpaired) electrons. The summed E-state index contributed by atoms with van der Waals surface area (Å²) >= 11 is 3.92. The van der Waals surface area contributed by atoms with Crippen LogP contribution in [-0.2, 0) is 21.7 Å². The van der Waals surface area contributed by atoms with Gasteiger partial charge in [-0.15, -0.1) is 22.7 Å². The van der Waals surface area contributed by atoms with E-state index in [4.69, 9.17) is 0 Å². The summed E-state index contributed by atoms with van der Waals surface area (Å²) in [6.07, 6.45) is 0. The molecule has 294 valence electrons. The summed E-state index contributed by atoms with van der Waals surface area (Å²) in [5.74, 6) is 0. The molecule has 1 nitrogen and oxygen atoms in total. The van der Waals surface area contributed by atoms with Crippen LogP contribution in [0.2, 0.25) is 0 Å². The van der Waals surface area contributed by atoms with Crippen LogP contribution >= 0.6 is 22.7 Å². The van der Waals surface area contributed by atoms with Gasteiger partial charge in [-0.1, -0.05) is 185 Å². The van der Waals surface area contributed by atoms with Gasteiger partial charge in [0, 0.05) is 32.0 Å². The minimum atomic E-state index is -0.544. The Balaban J connectivity index is 1.24. The molecule has 0 saturated carbocycles. The lowest BCUT2D eigenvalue weighted by molar-refractivity contribution is 0.522. The molecule has 0 saturated heterocycles. The van der Waals surface area contributed by atoms with Crippen molar-refractivity contribution in [2.45, 2.75) is 49.4 Å². The Hall–Kier alpha value is -6.26. The number of rotatable bonds is 4. The number of nitrogens with zero attached hydrogens (tertiary/aromatic N) is 1. The van der Waals surface area contributed by atoms with Crippen molar-refractivity contribution in [3.8, 4) is 11.1 Å². The second-order valence-electron chi connectivity index (χ2n) is 18.0. The zero-order valence-electron chi connectivity index (χ0n) is 34.8. The van der Waals surface area contributed by atoms with E-state index in [1.54, 1.807) is 0 Å². The van der Waals surface area contributed by atoms with E-state index in [1.165, 1.54) is 81.5 Å². The van der Waals surface area contributed by atoms with Crippen LogP contribution in [0.1, 0.15) is 93.1 Å². The number of benzene rings is 7. The third kappa shape index (κ3) is 4.77. The van der Waals surface area contributed by atoms with Gasteiger partial charge in [0.1, 0.15) is 5.00 Å². The van der Waals surface area contributed by atoms with Crippen LogP contribution in [0, 0.1) is 0 Å². The van der Waals surface area contributed by atoms with E-state index in [1.807, 2.05) is 22.7 Å². The van der Waals surface area contributed by atoms with Crippen LogP contribution in [-0.4, -0.2) is 0 Å². The van der Waals surface area contributed by atoms with Gasteiger partial charge in [-0.3, -0.25) is 0 Å². The van der Waals surface area contributed by atoms with Crippen LogP contribution in [0.4, 0.5) is 16.4 Å². The van der Waals surface area contributed by atoms with Crippen LogP contribution in [0.3, 0.4) is 0 Å². The average Bonchev–Trinajstić information content (AvgIpc) is 3.99. The largest absolute Gasteiger partial charge is 0.302 e. The van der Waals surface area contributed by atoms with Gasteiger partial charge in [0.05, 0.1) is 10.8 Å². The number of fused-ring (bicyclic) bond motifs is 14. The molecule has 0 unspecified atom stereocenters. The van der Waals surface area contributed by atoms with Gasteiger partial charge in [-0.2, -0.15) is 0 Å². The van der Waals surface area contributed by atoms with Crippen molar-refractivity contribution in [1.82, 2.24) is 0 Å². The highest BCUT2D eigenvalue weighted by Gasteiger charge is 2.62. The first-order valence-corrected chi connectivity index (χ1v) is 23.1. The van der Waals surface area contributed by atoms with Crippen molar-refractivity contribution in [2.75, 3.05) is 4.90 Å². The molecular formula is C58H45NS2. The molecule has 0 N–H and O–H groups in total. The second kappa shape index (κ2) is 13.1. The zero-order valence-corrected chi connectivity index (χ0v) is 36.4. The molecule has 0 atom stereocenters. The molecule has 0 bridgehead atoms. The number of hydrogen-bond acceptors (Lipinski definition) is 3. The first-order valence-electron chi connectivity index (χ1n) is 21.4. The Kier molecular flexibility index (Phi) is 7.87. The first kappa shape index (κ1) is 36.6. The fourth-order valence-corrected chi connectivity index (χ4v) is 14.4. The van der Waals surface area contributed by atoms with E-state index in [-0.39, 0.29) is 10.8 Å². The highest BCUT2D eigenvalue weighted by Crippen LogP contribution is 2.69. The Morgan fingerprint density at radius 3 is 1.23 bits per heavy atom. The quantitative estimate of drug-likeness (QED) is 0.171. The normalized spacial score (nSPS) is 16.4. The summed E-state index contributed by atoms with van der Waals surface area (Å²) in [7, 11) is 0. The second-order valence-corrected chi connectivity index (χ2v) is 20.0. The highest BCUT2D eigenvalue weighted by atomic mass is 32.1. The van der Waals surface area contributed by atoms with Crippen molar-refractivity contribution in [3.05, 3.63) is 265 Å². The van der Waals surface area contributed by atoms with Crippen LogP contribution < -0.4 is 4.90 Å². The van der Waals surface area contributed by atoms with Gasteiger partial charge < -0.3 is 4.90 Å². The molecule has 2 heterocycles. The molecule has 61 heavy (non-hydrogen) atoms. The zero-order chi connectivity index (χ0) is 41.1. The van der Waals surface area contributed by atoms with Crippen molar-refractivity contribution in [3.63, 3.8) is 0 Å². The van der Waals surface area contributed by atoms with Gasteiger partial charge in [0.2, 0.25) is 0 Å². The van der Waals surface area contributed by atoms with E-state index in [0.29, 0.717) is 0 Å². The SMILES string of the molecule is CC1(C)c2ccccc2C2(c3ccccc31)c1cc(N(c3ccccc3)c3ccc(-c4ccccc4)cc3)sc1C1(c3ccccc3C(C)(C)c3ccccc31)c1ccsc12. The van der Waals surface area contributed by atoms with Gasteiger partial charge in [0.15, 0.2) is 0 Å². The summed E-state index contributed by atoms with van der Waals surface area (Å²) in [5, 5.41) is 3.59. The first-order chi connectivity index (χ1) is 29.8. The molecule has 3 heteroatoms. The molecule has 12 rings (SSSR count). The third-order valence-corrected chi connectivity index (χ3v) is 16.6. The standard InChI is InChI=1S/C58H45NS2/c1-55(2)42-23-11-15-27-46(42)57(47-28-16-12-24-43(47)55)50-35-36-60-53(50)58(48-29-17-13-25-44(48)56(3,4)45-26-14-18-30-49(45)58)51-37-52(61-54(51)57)59(40-21-9-6-10-22-40)41-33-31-39(32-34-41)38-19-7-5-8-20-38/h5-37H,1-4H3. The van der Waals surface area contributed by atoms with E-state index in [2.05, 4.69) is 232 Å². The van der Waals surface area contributed by atoms with Gasteiger partial charge in [-0.25, -0.2) is 0 Å². The molecule has 0 aliphatic heterocycles. The Morgan fingerprint density at radius 1 is 0.344 bits per heavy atom. The molecule has 7 aromatic carbocycles. The lowest BCUT2D eigenvalue weighted by Crippen LogP contribution is -2.50. The van der Waals surface area contributed by atoms with Crippen LogP contribution in [0.5, 0.6) is 0 Å². The van der Waals surface area contributed by atoms with Gasteiger partial charge in [-0.05, 0) is 109 Å². The molecule has 2 spiro atoms. The number of thiophene rings is 2. The Bertz CT molecular complexity index is 2900. The maximum Gasteiger partial charge on any atom is 0.101 e. The van der Waals surface area contributed by atoms with E-state index in [0.717, 1.165) is 11.4 Å². The van der Waals surface area contributed by atoms with Crippen molar-refractivity contribution < 1.29 is 0 Å². The van der Waals surface area contributed by atoms with E-state index >= 15 is 0 Å². The minimum Gasteiger partial charge on any atom is -0.302 e. The molecule has 9 aromatic rings. The van der Waals surface area contributed by atoms with Crippen LogP contribution in [0.25, 0.3) is 11.1 Å². The predicted molar refractivity (Wildman–Crippen MR) is 257 cm³/mol.